The fourth-order valence-electron chi connectivity index (χ4n) is 3.69. The van der Waals surface area contributed by atoms with Crippen LogP contribution in [0.5, 0.6) is 5.75 Å². The van der Waals surface area contributed by atoms with Crippen molar-refractivity contribution in [2.24, 2.45) is 0 Å². The summed E-state index contributed by atoms with van der Waals surface area (Å²) >= 11 is 3.37. The number of amides is 3. The van der Waals surface area contributed by atoms with E-state index in [2.05, 4.69) is 21.2 Å². The topological polar surface area (TPSA) is 84.9 Å². The van der Waals surface area contributed by atoms with E-state index < -0.39 is 0 Å². The molecule has 0 saturated carbocycles. The number of fused-ring (bicyclic) bond motifs is 1. The standard InChI is InChI=1S/C22H21BrN2O5/c1-2-29-19-8-5-13(23)10-18(19)20(26)24-14-6-7-16-17(11-14)22(28)25(21(16)27)12-15-4-3-9-30-15/h5-8,10-11,15H,2-4,9,12H2,1H3,(H,24,26). The molecule has 2 heterocycles. The van der Waals surface area contributed by atoms with E-state index in [0.717, 1.165) is 17.3 Å². The zero-order chi connectivity index (χ0) is 21.3. The van der Waals surface area contributed by atoms with Crippen LogP contribution in [0.4, 0.5) is 5.69 Å². The second-order valence-corrected chi connectivity index (χ2v) is 8.06. The Morgan fingerprint density at radius 1 is 1.20 bits per heavy atom. The summed E-state index contributed by atoms with van der Waals surface area (Å²) in [6, 6.07) is 9.92. The van der Waals surface area contributed by atoms with E-state index in [0.29, 0.717) is 35.8 Å². The molecule has 1 fully saturated rings. The number of carbonyl (C=O) groups excluding carboxylic acids is 3. The number of nitrogens with one attached hydrogen (secondary N) is 1. The van der Waals surface area contributed by atoms with Crippen molar-refractivity contribution in [2.75, 3.05) is 25.1 Å². The number of imide groups is 1. The van der Waals surface area contributed by atoms with Crippen LogP contribution in [0.2, 0.25) is 0 Å². The van der Waals surface area contributed by atoms with Gasteiger partial charge < -0.3 is 14.8 Å². The molecular weight excluding hydrogens is 452 g/mol. The van der Waals surface area contributed by atoms with Gasteiger partial charge in [0.2, 0.25) is 0 Å². The number of anilines is 1. The lowest BCUT2D eigenvalue weighted by Gasteiger charge is -2.17. The molecule has 2 aromatic carbocycles. The maximum atomic E-state index is 12.8. The van der Waals surface area contributed by atoms with Crippen molar-refractivity contribution in [3.8, 4) is 5.75 Å². The summed E-state index contributed by atoms with van der Waals surface area (Å²) in [5.41, 5.74) is 1.43. The average Bonchev–Trinajstić information content (AvgIpc) is 3.32. The van der Waals surface area contributed by atoms with Gasteiger partial charge in [0.15, 0.2) is 0 Å². The van der Waals surface area contributed by atoms with Crippen LogP contribution in [-0.4, -0.2) is 48.5 Å². The smallest absolute Gasteiger partial charge is 0.261 e. The molecule has 156 valence electrons. The van der Waals surface area contributed by atoms with Crippen molar-refractivity contribution in [1.29, 1.82) is 0 Å². The van der Waals surface area contributed by atoms with Gasteiger partial charge in [0.25, 0.3) is 17.7 Å². The average molecular weight is 473 g/mol. The van der Waals surface area contributed by atoms with Gasteiger partial charge in [-0.25, -0.2) is 0 Å². The number of nitrogens with zero attached hydrogens (tertiary/aromatic N) is 1. The molecule has 1 atom stereocenters. The first-order valence-electron chi connectivity index (χ1n) is 9.83. The first-order valence-corrected chi connectivity index (χ1v) is 10.6. The minimum Gasteiger partial charge on any atom is -0.493 e. The first-order chi connectivity index (χ1) is 14.5. The molecule has 2 aliphatic rings. The molecule has 0 spiro atoms. The van der Waals surface area contributed by atoms with Gasteiger partial charge in [-0.05, 0) is 56.2 Å². The molecule has 2 aromatic rings. The monoisotopic (exact) mass is 472 g/mol. The normalized spacial score (nSPS) is 17.9. The molecule has 0 aliphatic carbocycles. The number of halogens is 1. The highest BCUT2D eigenvalue weighted by molar-refractivity contribution is 9.10. The van der Waals surface area contributed by atoms with E-state index in [4.69, 9.17) is 9.47 Å². The third-order valence-electron chi connectivity index (χ3n) is 5.12. The number of benzene rings is 2. The number of ether oxygens (including phenoxy) is 2. The van der Waals surface area contributed by atoms with Crippen LogP contribution < -0.4 is 10.1 Å². The van der Waals surface area contributed by atoms with Crippen LogP contribution in [0.15, 0.2) is 40.9 Å². The van der Waals surface area contributed by atoms with Crippen molar-refractivity contribution in [3.63, 3.8) is 0 Å². The lowest BCUT2D eigenvalue weighted by Crippen LogP contribution is -2.36. The Labute approximate surface area is 182 Å². The zero-order valence-electron chi connectivity index (χ0n) is 16.4. The van der Waals surface area contributed by atoms with Crippen molar-refractivity contribution in [2.45, 2.75) is 25.9 Å². The predicted molar refractivity (Wildman–Crippen MR) is 114 cm³/mol. The van der Waals surface area contributed by atoms with Gasteiger partial charge in [-0.15, -0.1) is 0 Å². The SMILES string of the molecule is CCOc1ccc(Br)cc1C(=O)Nc1ccc2c(c1)C(=O)N(CC1CCCO1)C2=O. The Morgan fingerprint density at radius 3 is 2.73 bits per heavy atom. The molecule has 4 rings (SSSR count). The molecule has 1 saturated heterocycles. The summed E-state index contributed by atoms with van der Waals surface area (Å²) in [6.45, 7) is 3.18. The number of hydrogen-bond acceptors (Lipinski definition) is 5. The van der Waals surface area contributed by atoms with Gasteiger partial charge in [0.05, 0.1) is 35.9 Å². The number of carbonyl (C=O) groups is 3. The van der Waals surface area contributed by atoms with E-state index in [1.165, 1.54) is 4.90 Å². The summed E-state index contributed by atoms with van der Waals surface area (Å²) in [5, 5.41) is 2.79. The molecule has 3 amide bonds. The van der Waals surface area contributed by atoms with Crippen LogP contribution in [0, 0.1) is 0 Å². The first kappa shape index (κ1) is 20.6. The van der Waals surface area contributed by atoms with Crippen LogP contribution >= 0.6 is 15.9 Å². The van der Waals surface area contributed by atoms with Gasteiger partial charge in [0.1, 0.15) is 5.75 Å². The fraction of sp³-hybridized carbons (Fsp3) is 0.318. The highest BCUT2D eigenvalue weighted by atomic mass is 79.9. The minimum absolute atomic E-state index is 0.111. The van der Waals surface area contributed by atoms with Crippen LogP contribution in [0.1, 0.15) is 50.8 Å². The molecule has 0 radical (unpaired) electrons. The molecule has 2 aliphatic heterocycles. The molecule has 0 bridgehead atoms. The Balaban J connectivity index is 1.54. The van der Waals surface area contributed by atoms with Crippen molar-refractivity contribution in [3.05, 3.63) is 57.6 Å². The van der Waals surface area contributed by atoms with Gasteiger partial charge in [-0.3, -0.25) is 19.3 Å². The highest BCUT2D eigenvalue weighted by Gasteiger charge is 2.37. The second-order valence-electron chi connectivity index (χ2n) is 7.14. The van der Waals surface area contributed by atoms with Gasteiger partial charge in [-0.2, -0.15) is 0 Å². The van der Waals surface area contributed by atoms with E-state index in [-0.39, 0.29) is 35.9 Å². The largest absolute Gasteiger partial charge is 0.493 e. The molecule has 0 aromatic heterocycles. The third-order valence-corrected chi connectivity index (χ3v) is 5.62. The summed E-state index contributed by atoms with van der Waals surface area (Å²) < 4.78 is 11.8. The summed E-state index contributed by atoms with van der Waals surface area (Å²) in [4.78, 5) is 39.5. The number of rotatable bonds is 6. The van der Waals surface area contributed by atoms with Crippen molar-refractivity contribution < 1.29 is 23.9 Å². The van der Waals surface area contributed by atoms with Crippen LogP contribution in [0.25, 0.3) is 0 Å². The molecule has 7 nitrogen and oxygen atoms in total. The van der Waals surface area contributed by atoms with Gasteiger partial charge in [-0.1, -0.05) is 15.9 Å². The maximum absolute atomic E-state index is 12.8. The lowest BCUT2D eigenvalue weighted by atomic mass is 10.1. The zero-order valence-corrected chi connectivity index (χ0v) is 18.0. The van der Waals surface area contributed by atoms with E-state index >= 15 is 0 Å². The molecule has 1 unspecified atom stereocenters. The summed E-state index contributed by atoms with van der Waals surface area (Å²) in [6.07, 6.45) is 1.66. The lowest BCUT2D eigenvalue weighted by molar-refractivity contribution is 0.0475. The Bertz CT molecular complexity index is 1020. The summed E-state index contributed by atoms with van der Waals surface area (Å²) in [7, 11) is 0. The van der Waals surface area contributed by atoms with Crippen molar-refractivity contribution >= 4 is 39.3 Å². The summed E-state index contributed by atoms with van der Waals surface area (Å²) in [5.74, 6) is -0.589. The Hall–Kier alpha value is -2.71. The van der Waals surface area contributed by atoms with Crippen LogP contribution in [0.3, 0.4) is 0 Å². The predicted octanol–water partition coefficient (Wildman–Crippen LogP) is 3.88. The molecule has 1 N–H and O–H groups in total. The molecule has 8 heteroatoms. The number of hydrogen-bond donors (Lipinski definition) is 1. The third kappa shape index (κ3) is 3.97. The van der Waals surface area contributed by atoms with Gasteiger partial charge >= 0.3 is 0 Å². The van der Waals surface area contributed by atoms with Gasteiger partial charge in [0, 0.05) is 16.8 Å². The quantitative estimate of drug-likeness (QED) is 0.644. The van der Waals surface area contributed by atoms with E-state index in [1.807, 2.05) is 6.92 Å². The van der Waals surface area contributed by atoms with Crippen LogP contribution in [-0.2, 0) is 4.74 Å². The Kier molecular flexibility index (Phi) is 5.87. The molecule has 30 heavy (non-hydrogen) atoms. The van der Waals surface area contributed by atoms with Crippen molar-refractivity contribution in [1.82, 2.24) is 4.90 Å². The van der Waals surface area contributed by atoms with E-state index in [1.54, 1.807) is 36.4 Å². The second kappa shape index (κ2) is 8.57. The highest BCUT2D eigenvalue weighted by Crippen LogP contribution is 2.29. The Morgan fingerprint density at radius 2 is 2.00 bits per heavy atom. The van der Waals surface area contributed by atoms with E-state index in [9.17, 15) is 14.4 Å². The minimum atomic E-state index is -0.368. The maximum Gasteiger partial charge on any atom is 0.261 e. The molecular formula is C22H21BrN2O5. The fourth-order valence-corrected chi connectivity index (χ4v) is 4.05.